The second-order valence-corrected chi connectivity index (χ2v) is 4.85. The van der Waals surface area contributed by atoms with Gasteiger partial charge in [-0.1, -0.05) is 18.2 Å². The van der Waals surface area contributed by atoms with E-state index in [9.17, 15) is 5.11 Å². The lowest BCUT2D eigenvalue weighted by Crippen LogP contribution is -2.35. The number of fused-ring (bicyclic) bond motifs is 1. The minimum atomic E-state index is 0. The van der Waals surface area contributed by atoms with Gasteiger partial charge in [0.1, 0.15) is 5.75 Å². The fourth-order valence-corrected chi connectivity index (χ4v) is 2.30. The number of likely N-dealkylation sites (N-methyl/N-ethyl adjacent to an activating group) is 1. The maximum absolute atomic E-state index is 9.44. The summed E-state index contributed by atoms with van der Waals surface area (Å²) in [5.41, 5.74) is 1.21. The lowest BCUT2D eigenvalue weighted by atomic mass is 10.1. The average Bonchev–Trinajstić information content (AvgIpc) is 2.82. The van der Waals surface area contributed by atoms with Crippen molar-refractivity contribution in [1.82, 2.24) is 10.2 Å². The van der Waals surface area contributed by atoms with Crippen molar-refractivity contribution in [1.29, 1.82) is 0 Å². The average molecular weight is 383 g/mol. The predicted molar refractivity (Wildman–Crippen MR) is 92.8 cm³/mol. The third kappa shape index (κ3) is 3.15. The van der Waals surface area contributed by atoms with E-state index in [1.165, 1.54) is 5.56 Å². The van der Waals surface area contributed by atoms with Gasteiger partial charge in [0.2, 0.25) is 0 Å². The van der Waals surface area contributed by atoms with Gasteiger partial charge in [0.15, 0.2) is 5.96 Å². The number of rotatable bonds is 2. The summed E-state index contributed by atoms with van der Waals surface area (Å²) in [6, 6.07) is 11.7. The van der Waals surface area contributed by atoms with Gasteiger partial charge in [0.25, 0.3) is 0 Å². The molecular weight excluding hydrogens is 365 g/mol. The number of hydrogen-bond acceptors (Lipinski definition) is 4. The molecule has 106 valence electrons. The molecule has 2 aromatic rings. The van der Waals surface area contributed by atoms with Crippen LogP contribution in [0.1, 0.15) is 5.56 Å². The summed E-state index contributed by atoms with van der Waals surface area (Å²) < 4.78 is 0. The first kappa shape index (κ1) is 14.9. The van der Waals surface area contributed by atoms with Crippen LogP contribution in [0.15, 0.2) is 41.4 Å². The highest BCUT2D eigenvalue weighted by Gasteiger charge is 2.11. The zero-order valence-electron chi connectivity index (χ0n) is 11.3. The summed E-state index contributed by atoms with van der Waals surface area (Å²) in [6.07, 6.45) is 0. The third-order valence-corrected chi connectivity index (χ3v) is 3.40. The van der Waals surface area contributed by atoms with Gasteiger partial charge in [0, 0.05) is 20.1 Å². The van der Waals surface area contributed by atoms with E-state index in [2.05, 4.69) is 27.3 Å². The number of nitrogens with zero attached hydrogens (tertiary/aromatic N) is 2. The molecule has 2 aromatic carbocycles. The number of guanidine groups is 1. The van der Waals surface area contributed by atoms with Crippen molar-refractivity contribution in [2.45, 2.75) is 6.54 Å². The fraction of sp³-hybridized carbons (Fsp3) is 0.267. The van der Waals surface area contributed by atoms with Crippen LogP contribution in [0.3, 0.4) is 0 Å². The number of benzene rings is 2. The van der Waals surface area contributed by atoms with Gasteiger partial charge < -0.3 is 15.3 Å². The third-order valence-electron chi connectivity index (χ3n) is 3.40. The Morgan fingerprint density at radius 2 is 1.95 bits per heavy atom. The topological polar surface area (TPSA) is 47.9 Å². The van der Waals surface area contributed by atoms with Gasteiger partial charge in [-0.05, 0) is 34.5 Å². The van der Waals surface area contributed by atoms with Crippen LogP contribution in [-0.2, 0) is 6.54 Å². The number of nitrogens with one attached hydrogen (secondary N) is 1. The first-order valence-corrected chi connectivity index (χ1v) is 6.43. The van der Waals surface area contributed by atoms with E-state index in [1.54, 1.807) is 12.1 Å². The summed E-state index contributed by atoms with van der Waals surface area (Å²) in [6.45, 7) is 2.62. The lowest BCUT2D eigenvalue weighted by molar-refractivity contribution is 0.476. The number of hydrogen-bond donors (Lipinski definition) is 2. The molecular formula is C15H18IN3O. The molecule has 4 nitrogen and oxygen atoms in total. The van der Waals surface area contributed by atoms with Gasteiger partial charge in [-0.2, -0.15) is 0 Å². The maximum Gasteiger partial charge on any atom is 0.194 e. The first-order chi connectivity index (χ1) is 9.22. The van der Waals surface area contributed by atoms with Crippen LogP contribution < -0.4 is 5.32 Å². The van der Waals surface area contributed by atoms with Crippen molar-refractivity contribution < 1.29 is 5.11 Å². The SMILES string of the molecule is CN1CCN=C1NCc1ccc2cc(O)ccc2c1.I. The molecule has 0 aliphatic carbocycles. The predicted octanol–water partition coefficient (Wildman–Crippen LogP) is 2.55. The smallest absolute Gasteiger partial charge is 0.194 e. The molecule has 1 heterocycles. The molecule has 1 aliphatic rings. The molecule has 0 bridgehead atoms. The van der Waals surface area contributed by atoms with Crippen molar-refractivity contribution in [3.05, 3.63) is 42.0 Å². The van der Waals surface area contributed by atoms with E-state index in [-0.39, 0.29) is 24.0 Å². The monoisotopic (exact) mass is 383 g/mol. The largest absolute Gasteiger partial charge is 0.508 e. The highest BCUT2D eigenvalue weighted by Crippen LogP contribution is 2.21. The molecule has 3 rings (SSSR count). The lowest BCUT2D eigenvalue weighted by Gasteiger charge is -2.15. The number of phenolic OH excluding ortho intramolecular Hbond substituents is 1. The normalized spacial score (nSPS) is 14.1. The second-order valence-electron chi connectivity index (χ2n) is 4.85. The van der Waals surface area contributed by atoms with Crippen LogP contribution in [0.5, 0.6) is 5.75 Å². The highest BCUT2D eigenvalue weighted by molar-refractivity contribution is 14.0. The quantitative estimate of drug-likeness (QED) is 0.784. The van der Waals surface area contributed by atoms with Crippen LogP contribution in [0.4, 0.5) is 0 Å². The molecule has 0 saturated carbocycles. The van der Waals surface area contributed by atoms with E-state index >= 15 is 0 Å². The van der Waals surface area contributed by atoms with Gasteiger partial charge in [-0.15, -0.1) is 24.0 Å². The molecule has 0 aromatic heterocycles. The fourth-order valence-electron chi connectivity index (χ4n) is 2.30. The Hall–Kier alpha value is -1.50. The zero-order valence-corrected chi connectivity index (χ0v) is 13.7. The number of aliphatic imine (C=N–C) groups is 1. The molecule has 0 unspecified atom stereocenters. The molecule has 1 aliphatic heterocycles. The number of phenols is 1. The van der Waals surface area contributed by atoms with Crippen LogP contribution >= 0.6 is 24.0 Å². The van der Waals surface area contributed by atoms with E-state index < -0.39 is 0 Å². The van der Waals surface area contributed by atoms with Gasteiger partial charge in [-0.25, -0.2) is 0 Å². The van der Waals surface area contributed by atoms with Crippen molar-refractivity contribution in [3.63, 3.8) is 0 Å². The van der Waals surface area contributed by atoms with Crippen molar-refractivity contribution in [3.8, 4) is 5.75 Å². The minimum absolute atomic E-state index is 0. The number of aromatic hydroxyl groups is 1. The molecule has 0 fully saturated rings. The Bertz CT molecular complexity index is 642. The molecule has 2 N–H and O–H groups in total. The molecule has 0 radical (unpaired) electrons. The van der Waals surface area contributed by atoms with Crippen LogP contribution in [-0.4, -0.2) is 36.1 Å². The maximum atomic E-state index is 9.44. The van der Waals surface area contributed by atoms with E-state index in [1.807, 2.05) is 19.2 Å². The van der Waals surface area contributed by atoms with E-state index in [0.29, 0.717) is 5.75 Å². The van der Waals surface area contributed by atoms with Gasteiger partial charge in [-0.3, -0.25) is 4.99 Å². The Morgan fingerprint density at radius 3 is 2.70 bits per heavy atom. The van der Waals surface area contributed by atoms with Crippen LogP contribution in [0, 0.1) is 0 Å². The van der Waals surface area contributed by atoms with Crippen LogP contribution in [0.2, 0.25) is 0 Å². The van der Waals surface area contributed by atoms with Crippen molar-refractivity contribution >= 4 is 40.7 Å². The molecule has 0 amide bonds. The summed E-state index contributed by atoms with van der Waals surface area (Å²) in [5, 5.41) is 15.0. The second kappa shape index (κ2) is 6.30. The highest BCUT2D eigenvalue weighted by atomic mass is 127. The summed E-state index contributed by atoms with van der Waals surface area (Å²) >= 11 is 0. The summed E-state index contributed by atoms with van der Waals surface area (Å²) in [5.74, 6) is 1.27. The molecule has 0 spiro atoms. The zero-order chi connectivity index (χ0) is 13.2. The summed E-state index contributed by atoms with van der Waals surface area (Å²) in [7, 11) is 2.04. The Labute approximate surface area is 135 Å². The number of halogens is 1. The van der Waals surface area contributed by atoms with Crippen molar-refractivity contribution in [2.24, 2.45) is 4.99 Å². The van der Waals surface area contributed by atoms with Crippen LogP contribution in [0.25, 0.3) is 10.8 Å². The summed E-state index contributed by atoms with van der Waals surface area (Å²) in [4.78, 5) is 6.53. The van der Waals surface area contributed by atoms with E-state index in [4.69, 9.17) is 0 Å². The molecule has 0 atom stereocenters. The van der Waals surface area contributed by atoms with E-state index in [0.717, 1.165) is 36.4 Å². The molecule has 20 heavy (non-hydrogen) atoms. The Morgan fingerprint density at radius 1 is 1.20 bits per heavy atom. The molecule has 0 saturated heterocycles. The Kier molecular flexibility index (Phi) is 4.69. The standard InChI is InChI=1S/C15H17N3O.HI/c1-18-7-6-16-15(18)17-10-11-2-3-13-9-14(19)5-4-12(13)8-11;/h2-5,8-9,19H,6-7,10H2,1H3,(H,16,17);1H. The molecule has 5 heteroatoms. The van der Waals surface area contributed by atoms with Gasteiger partial charge in [0.05, 0.1) is 6.54 Å². The van der Waals surface area contributed by atoms with Crippen molar-refractivity contribution in [2.75, 3.05) is 20.1 Å². The Balaban J connectivity index is 0.00000147. The first-order valence-electron chi connectivity index (χ1n) is 6.43. The minimum Gasteiger partial charge on any atom is -0.508 e. The van der Waals surface area contributed by atoms with Gasteiger partial charge >= 0.3 is 0 Å².